The fourth-order valence-corrected chi connectivity index (χ4v) is 1.06. The molecule has 0 rings (SSSR count). The molecule has 0 aliphatic heterocycles. The second-order valence-electron chi connectivity index (χ2n) is 3.14. The summed E-state index contributed by atoms with van der Waals surface area (Å²) in [6, 6.07) is 1.78. The molecular weight excluding hydrogens is 164 g/mol. The second-order valence-corrected chi connectivity index (χ2v) is 3.14. The van der Waals surface area contributed by atoms with Crippen molar-refractivity contribution in [1.82, 2.24) is 5.32 Å². The van der Waals surface area contributed by atoms with Gasteiger partial charge in [-0.25, -0.2) is 0 Å². The SMILES string of the molecule is CCCCC(=O)NC(C#N)CCC. The standard InChI is InChI=1S/C10H18N2O/c1-3-5-7-10(13)12-9(8-11)6-4-2/h9H,3-7H2,1-2H3,(H,12,13). The second kappa shape index (κ2) is 7.60. The predicted octanol–water partition coefficient (Wildman–Crippen LogP) is 1.99. The van der Waals surface area contributed by atoms with E-state index in [9.17, 15) is 4.79 Å². The van der Waals surface area contributed by atoms with Crippen LogP contribution in [0.2, 0.25) is 0 Å². The van der Waals surface area contributed by atoms with E-state index in [-0.39, 0.29) is 11.9 Å². The zero-order valence-electron chi connectivity index (χ0n) is 8.47. The average Bonchev–Trinajstić information content (AvgIpc) is 2.14. The third kappa shape index (κ3) is 6.15. The van der Waals surface area contributed by atoms with Crippen LogP contribution < -0.4 is 5.32 Å². The van der Waals surface area contributed by atoms with Gasteiger partial charge >= 0.3 is 0 Å². The largest absolute Gasteiger partial charge is 0.340 e. The minimum Gasteiger partial charge on any atom is -0.340 e. The molecule has 13 heavy (non-hydrogen) atoms. The molecule has 1 amide bonds. The van der Waals surface area contributed by atoms with Crippen molar-refractivity contribution in [1.29, 1.82) is 5.26 Å². The van der Waals surface area contributed by atoms with Crippen molar-refractivity contribution in [2.24, 2.45) is 0 Å². The summed E-state index contributed by atoms with van der Waals surface area (Å²) in [6.45, 7) is 4.05. The molecule has 0 aliphatic carbocycles. The third-order valence-corrected chi connectivity index (χ3v) is 1.83. The van der Waals surface area contributed by atoms with Crippen molar-refractivity contribution in [3.8, 4) is 6.07 Å². The van der Waals surface area contributed by atoms with Gasteiger partial charge in [0.25, 0.3) is 0 Å². The molecule has 3 nitrogen and oxygen atoms in total. The van der Waals surface area contributed by atoms with Gasteiger partial charge in [-0.1, -0.05) is 26.7 Å². The number of carbonyl (C=O) groups excluding carboxylic acids is 1. The lowest BCUT2D eigenvalue weighted by Crippen LogP contribution is -2.33. The molecule has 0 saturated heterocycles. The Morgan fingerprint density at radius 3 is 2.62 bits per heavy atom. The van der Waals surface area contributed by atoms with E-state index in [4.69, 9.17) is 5.26 Å². The summed E-state index contributed by atoms with van der Waals surface area (Å²) in [4.78, 5) is 11.2. The Hall–Kier alpha value is -1.04. The highest BCUT2D eigenvalue weighted by Gasteiger charge is 2.08. The zero-order valence-corrected chi connectivity index (χ0v) is 8.47. The summed E-state index contributed by atoms with van der Waals surface area (Å²) in [5.41, 5.74) is 0. The number of hydrogen-bond acceptors (Lipinski definition) is 2. The number of amides is 1. The van der Waals surface area contributed by atoms with Crippen LogP contribution in [0.25, 0.3) is 0 Å². The Morgan fingerprint density at radius 1 is 1.46 bits per heavy atom. The smallest absolute Gasteiger partial charge is 0.221 e. The van der Waals surface area contributed by atoms with Crippen LogP contribution in [0.3, 0.4) is 0 Å². The first-order valence-electron chi connectivity index (χ1n) is 4.93. The molecule has 1 N–H and O–H groups in total. The van der Waals surface area contributed by atoms with E-state index in [1.54, 1.807) is 0 Å². The van der Waals surface area contributed by atoms with Gasteiger partial charge in [-0.05, 0) is 12.8 Å². The van der Waals surface area contributed by atoms with E-state index in [1.165, 1.54) is 0 Å². The van der Waals surface area contributed by atoms with E-state index >= 15 is 0 Å². The lowest BCUT2D eigenvalue weighted by Gasteiger charge is -2.09. The Labute approximate surface area is 80.1 Å². The Kier molecular flexibility index (Phi) is 6.99. The minimum atomic E-state index is -0.297. The Balaban J connectivity index is 3.68. The van der Waals surface area contributed by atoms with E-state index < -0.39 is 0 Å². The van der Waals surface area contributed by atoms with Crippen LogP contribution in [0, 0.1) is 11.3 Å². The zero-order chi connectivity index (χ0) is 10.1. The molecule has 0 fully saturated rings. The fraction of sp³-hybridized carbons (Fsp3) is 0.800. The monoisotopic (exact) mass is 182 g/mol. The van der Waals surface area contributed by atoms with Crippen molar-refractivity contribution < 1.29 is 4.79 Å². The number of nitrogens with zero attached hydrogens (tertiary/aromatic N) is 1. The summed E-state index contributed by atoms with van der Waals surface area (Å²) >= 11 is 0. The molecule has 0 radical (unpaired) electrons. The van der Waals surface area contributed by atoms with Crippen LogP contribution in [0.1, 0.15) is 46.0 Å². The normalized spacial score (nSPS) is 11.8. The number of hydrogen-bond donors (Lipinski definition) is 1. The molecule has 0 spiro atoms. The molecule has 0 aliphatic rings. The number of nitrogens with one attached hydrogen (secondary N) is 1. The third-order valence-electron chi connectivity index (χ3n) is 1.83. The van der Waals surface area contributed by atoms with Gasteiger partial charge in [0.05, 0.1) is 6.07 Å². The van der Waals surface area contributed by atoms with Gasteiger partial charge in [-0.3, -0.25) is 4.79 Å². The summed E-state index contributed by atoms with van der Waals surface area (Å²) in [7, 11) is 0. The van der Waals surface area contributed by atoms with E-state index in [0.29, 0.717) is 6.42 Å². The molecule has 1 unspecified atom stereocenters. The first-order valence-corrected chi connectivity index (χ1v) is 4.93. The summed E-state index contributed by atoms with van der Waals surface area (Å²) in [6.07, 6.45) is 4.12. The highest BCUT2D eigenvalue weighted by atomic mass is 16.1. The quantitative estimate of drug-likeness (QED) is 0.683. The number of carbonyl (C=O) groups is 1. The van der Waals surface area contributed by atoms with Crippen LogP contribution >= 0.6 is 0 Å². The molecule has 1 atom stereocenters. The number of nitriles is 1. The lowest BCUT2D eigenvalue weighted by molar-refractivity contribution is -0.121. The Morgan fingerprint density at radius 2 is 2.15 bits per heavy atom. The fourth-order valence-electron chi connectivity index (χ4n) is 1.06. The number of rotatable bonds is 6. The molecule has 74 valence electrons. The van der Waals surface area contributed by atoms with Crippen LogP contribution in [-0.4, -0.2) is 11.9 Å². The van der Waals surface area contributed by atoms with Gasteiger partial charge in [0.2, 0.25) is 5.91 Å². The van der Waals surface area contributed by atoms with Crippen LogP contribution in [-0.2, 0) is 4.79 Å². The highest BCUT2D eigenvalue weighted by molar-refractivity contribution is 5.76. The van der Waals surface area contributed by atoms with Crippen molar-refractivity contribution in [2.45, 2.75) is 52.0 Å². The maximum Gasteiger partial charge on any atom is 0.221 e. The van der Waals surface area contributed by atoms with Crippen LogP contribution in [0.5, 0.6) is 0 Å². The Bertz CT molecular complexity index is 184. The van der Waals surface area contributed by atoms with Gasteiger partial charge in [0.1, 0.15) is 6.04 Å². The molecule has 0 aromatic heterocycles. The molecule has 0 aromatic rings. The van der Waals surface area contributed by atoms with Crippen molar-refractivity contribution in [2.75, 3.05) is 0 Å². The van der Waals surface area contributed by atoms with Gasteiger partial charge in [-0.2, -0.15) is 5.26 Å². The van der Waals surface area contributed by atoms with Gasteiger partial charge in [-0.15, -0.1) is 0 Å². The van der Waals surface area contributed by atoms with Crippen molar-refractivity contribution in [3.63, 3.8) is 0 Å². The van der Waals surface area contributed by atoms with E-state index in [2.05, 4.69) is 11.4 Å². The highest BCUT2D eigenvalue weighted by Crippen LogP contribution is 1.98. The topological polar surface area (TPSA) is 52.9 Å². The average molecular weight is 182 g/mol. The predicted molar refractivity (Wildman–Crippen MR) is 52.0 cm³/mol. The maximum absolute atomic E-state index is 11.2. The van der Waals surface area contributed by atoms with Crippen LogP contribution in [0.15, 0.2) is 0 Å². The first kappa shape index (κ1) is 12.0. The van der Waals surface area contributed by atoms with Crippen molar-refractivity contribution in [3.05, 3.63) is 0 Å². The van der Waals surface area contributed by atoms with Crippen LogP contribution in [0.4, 0.5) is 0 Å². The van der Waals surface area contributed by atoms with E-state index in [1.807, 2.05) is 13.8 Å². The maximum atomic E-state index is 11.2. The lowest BCUT2D eigenvalue weighted by atomic mass is 10.1. The summed E-state index contributed by atoms with van der Waals surface area (Å²) in [5, 5.41) is 11.4. The van der Waals surface area contributed by atoms with Gasteiger partial charge in [0, 0.05) is 6.42 Å². The molecule has 3 heteroatoms. The molecule has 0 aromatic carbocycles. The molecule has 0 saturated carbocycles. The minimum absolute atomic E-state index is 0.00171. The molecule has 0 heterocycles. The molecular formula is C10H18N2O. The van der Waals surface area contributed by atoms with E-state index in [0.717, 1.165) is 25.7 Å². The number of unbranched alkanes of at least 4 members (excludes halogenated alkanes) is 1. The first-order chi connectivity index (χ1) is 6.24. The van der Waals surface area contributed by atoms with Crippen molar-refractivity contribution >= 4 is 5.91 Å². The molecule has 0 bridgehead atoms. The summed E-state index contributed by atoms with van der Waals surface area (Å²) in [5.74, 6) is 0.00171. The van der Waals surface area contributed by atoms with Gasteiger partial charge in [0.15, 0.2) is 0 Å². The summed E-state index contributed by atoms with van der Waals surface area (Å²) < 4.78 is 0. The van der Waals surface area contributed by atoms with Gasteiger partial charge < -0.3 is 5.32 Å².